The lowest BCUT2D eigenvalue weighted by atomic mass is 9.93. The molecule has 0 radical (unpaired) electrons. The van der Waals surface area contributed by atoms with Crippen LogP contribution in [0.15, 0.2) is 18.2 Å². The molecule has 6 heteroatoms. The van der Waals surface area contributed by atoms with E-state index in [4.69, 9.17) is 4.74 Å². The van der Waals surface area contributed by atoms with Crippen molar-refractivity contribution < 1.29 is 19.7 Å². The SMILES string of the molecule is CC(=O)N1CCN(CC2(O)CCCCCC2)CC(O)(COc2ccc(C)c(C)c2)C1. The van der Waals surface area contributed by atoms with Crippen molar-refractivity contribution in [3.63, 3.8) is 0 Å². The number of amides is 1. The average molecular weight is 419 g/mol. The maximum absolute atomic E-state index is 12.1. The summed E-state index contributed by atoms with van der Waals surface area (Å²) in [5.74, 6) is 0.675. The standard InChI is InChI=1S/C24H38N2O4/c1-19-8-9-22(14-20(19)2)30-18-24(29)16-25(12-13-26(17-24)21(3)27)15-23(28)10-6-4-5-7-11-23/h8-9,14,28-29H,4-7,10-13,15-18H2,1-3H3. The summed E-state index contributed by atoms with van der Waals surface area (Å²) >= 11 is 0. The number of ether oxygens (including phenoxy) is 1. The summed E-state index contributed by atoms with van der Waals surface area (Å²) in [4.78, 5) is 15.9. The molecule has 6 nitrogen and oxygen atoms in total. The molecule has 1 saturated heterocycles. The van der Waals surface area contributed by atoms with Crippen LogP contribution in [0.5, 0.6) is 5.75 Å². The maximum atomic E-state index is 12.1. The summed E-state index contributed by atoms with van der Waals surface area (Å²) in [6.45, 7) is 8.09. The van der Waals surface area contributed by atoms with Crippen LogP contribution < -0.4 is 4.74 Å². The first-order valence-corrected chi connectivity index (χ1v) is 11.3. The van der Waals surface area contributed by atoms with Gasteiger partial charge in [0.25, 0.3) is 0 Å². The van der Waals surface area contributed by atoms with Crippen LogP contribution in [-0.2, 0) is 4.79 Å². The Labute approximate surface area is 180 Å². The average Bonchev–Trinajstić information content (AvgIpc) is 2.99. The largest absolute Gasteiger partial charge is 0.490 e. The van der Waals surface area contributed by atoms with Gasteiger partial charge in [-0.2, -0.15) is 0 Å². The molecule has 1 saturated carbocycles. The molecule has 168 valence electrons. The second-order valence-corrected chi connectivity index (χ2v) is 9.55. The third-order valence-corrected chi connectivity index (χ3v) is 6.67. The van der Waals surface area contributed by atoms with Crippen molar-refractivity contribution in [2.75, 3.05) is 39.3 Å². The number of hydrogen-bond donors (Lipinski definition) is 2. The van der Waals surface area contributed by atoms with E-state index in [9.17, 15) is 15.0 Å². The van der Waals surface area contributed by atoms with Crippen LogP contribution in [0.25, 0.3) is 0 Å². The monoisotopic (exact) mass is 418 g/mol. The first kappa shape index (κ1) is 23.0. The number of aryl methyl sites for hydroxylation is 2. The van der Waals surface area contributed by atoms with E-state index >= 15 is 0 Å². The van der Waals surface area contributed by atoms with E-state index in [0.29, 0.717) is 26.2 Å². The molecule has 0 aromatic heterocycles. The Hall–Kier alpha value is -1.63. The Bertz CT molecular complexity index is 730. The minimum Gasteiger partial charge on any atom is -0.490 e. The smallest absolute Gasteiger partial charge is 0.219 e. The van der Waals surface area contributed by atoms with E-state index in [-0.39, 0.29) is 19.1 Å². The van der Waals surface area contributed by atoms with Crippen LogP contribution in [0.4, 0.5) is 0 Å². The van der Waals surface area contributed by atoms with Gasteiger partial charge in [-0.1, -0.05) is 31.7 Å². The maximum Gasteiger partial charge on any atom is 0.219 e. The predicted octanol–water partition coefficient (Wildman–Crippen LogP) is 2.66. The van der Waals surface area contributed by atoms with Crippen molar-refractivity contribution in [3.8, 4) is 5.75 Å². The van der Waals surface area contributed by atoms with Crippen LogP contribution in [-0.4, -0.2) is 76.5 Å². The number of β-amino-alcohol motifs (C(OH)–C–C–N with tert-alkyl or cyclic N) is 2. The highest BCUT2D eigenvalue weighted by atomic mass is 16.5. The van der Waals surface area contributed by atoms with Crippen LogP contribution in [0, 0.1) is 13.8 Å². The van der Waals surface area contributed by atoms with Crippen LogP contribution in [0.2, 0.25) is 0 Å². The summed E-state index contributed by atoms with van der Waals surface area (Å²) in [5.41, 5.74) is 0.434. The molecule has 1 unspecified atom stereocenters. The summed E-state index contributed by atoms with van der Waals surface area (Å²) in [5, 5.41) is 22.6. The van der Waals surface area contributed by atoms with Gasteiger partial charge in [0.15, 0.2) is 0 Å². The lowest BCUT2D eigenvalue weighted by molar-refractivity contribution is -0.132. The van der Waals surface area contributed by atoms with Crippen molar-refractivity contribution >= 4 is 5.91 Å². The summed E-state index contributed by atoms with van der Waals surface area (Å²) in [6, 6.07) is 5.90. The van der Waals surface area contributed by atoms with E-state index in [1.54, 1.807) is 11.8 Å². The van der Waals surface area contributed by atoms with Crippen LogP contribution in [0.3, 0.4) is 0 Å². The number of aliphatic hydroxyl groups is 2. The van der Waals surface area contributed by atoms with Crippen molar-refractivity contribution in [2.45, 2.75) is 70.5 Å². The minimum atomic E-state index is -1.19. The molecule has 1 heterocycles. The number of carbonyl (C=O) groups excluding carboxylic acids is 1. The highest BCUT2D eigenvalue weighted by Crippen LogP contribution is 2.29. The van der Waals surface area contributed by atoms with Gasteiger partial charge in [-0.15, -0.1) is 0 Å². The Morgan fingerprint density at radius 1 is 1.00 bits per heavy atom. The molecule has 30 heavy (non-hydrogen) atoms. The predicted molar refractivity (Wildman–Crippen MR) is 118 cm³/mol. The minimum absolute atomic E-state index is 0.0466. The fourth-order valence-electron chi connectivity index (χ4n) is 4.72. The van der Waals surface area contributed by atoms with Crippen molar-refractivity contribution in [2.24, 2.45) is 0 Å². The Morgan fingerprint density at radius 2 is 1.70 bits per heavy atom. The van der Waals surface area contributed by atoms with Crippen molar-refractivity contribution in [1.82, 2.24) is 9.80 Å². The molecule has 2 fully saturated rings. The second kappa shape index (κ2) is 9.67. The van der Waals surface area contributed by atoms with E-state index in [0.717, 1.165) is 37.0 Å². The zero-order valence-corrected chi connectivity index (χ0v) is 18.8. The fourth-order valence-corrected chi connectivity index (χ4v) is 4.72. The number of hydrogen-bond acceptors (Lipinski definition) is 5. The van der Waals surface area contributed by atoms with Crippen LogP contribution >= 0.6 is 0 Å². The van der Waals surface area contributed by atoms with Gasteiger partial charge < -0.3 is 19.8 Å². The summed E-state index contributed by atoms with van der Waals surface area (Å²) in [6.07, 6.45) is 6.05. The molecule has 2 aliphatic rings. The molecule has 1 aromatic carbocycles. The van der Waals surface area contributed by atoms with E-state index in [1.165, 1.54) is 18.4 Å². The Kier molecular flexibility index (Phi) is 7.43. The van der Waals surface area contributed by atoms with Gasteiger partial charge >= 0.3 is 0 Å². The molecule has 1 aliphatic carbocycles. The molecule has 3 rings (SSSR count). The van der Waals surface area contributed by atoms with E-state index in [2.05, 4.69) is 11.8 Å². The zero-order chi connectivity index (χ0) is 21.8. The lowest BCUT2D eigenvalue weighted by Crippen LogP contribution is -2.54. The first-order chi connectivity index (χ1) is 14.2. The normalized spacial score (nSPS) is 25.4. The van der Waals surface area contributed by atoms with Gasteiger partial charge in [0.05, 0.1) is 12.1 Å². The molecule has 0 spiro atoms. The fraction of sp³-hybridized carbons (Fsp3) is 0.708. The van der Waals surface area contributed by atoms with Gasteiger partial charge in [-0.3, -0.25) is 9.69 Å². The quantitative estimate of drug-likeness (QED) is 0.720. The number of carbonyl (C=O) groups is 1. The van der Waals surface area contributed by atoms with Crippen LogP contribution in [0.1, 0.15) is 56.6 Å². The molecule has 0 bridgehead atoms. The van der Waals surface area contributed by atoms with Gasteiger partial charge in [0, 0.05) is 33.1 Å². The third-order valence-electron chi connectivity index (χ3n) is 6.67. The van der Waals surface area contributed by atoms with E-state index < -0.39 is 11.2 Å². The second-order valence-electron chi connectivity index (χ2n) is 9.55. The molecule has 1 aliphatic heterocycles. The molecular formula is C24H38N2O4. The van der Waals surface area contributed by atoms with Crippen molar-refractivity contribution in [1.29, 1.82) is 0 Å². The topological polar surface area (TPSA) is 73.2 Å². The number of rotatable bonds is 5. The Morgan fingerprint density at radius 3 is 2.33 bits per heavy atom. The molecular weight excluding hydrogens is 380 g/mol. The summed E-state index contributed by atoms with van der Waals surface area (Å²) < 4.78 is 5.97. The third kappa shape index (κ3) is 6.19. The summed E-state index contributed by atoms with van der Waals surface area (Å²) in [7, 11) is 0. The highest BCUT2D eigenvalue weighted by Gasteiger charge is 2.39. The van der Waals surface area contributed by atoms with Gasteiger partial charge in [0.1, 0.15) is 18.0 Å². The zero-order valence-electron chi connectivity index (χ0n) is 18.8. The number of benzene rings is 1. The highest BCUT2D eigenvalue weighted by molar-refractivity contribution is 5.73. The lowest BCUT2D eigenvalue weighted by Gasteiger charge is -2.36. The van der Waals surface area contributed by atoms with E-state index in [1.807, 2.05) is 25.1 Å². The Balaban J connectivity index is 1.72. The molecule has 1 aromatic rings. The molecule has 1 amide bonds. The first-order valence-electron chi connectivity index (χ1n) is 11.3. The number of nitrogens with zero attached hydrogens (tertiary/aromatic N) is 2. The molecule has 2 N–H and O–H groups in total. The van der Waals surface area contributed by atoms with Gasteiger partial charge in [-0.25, -0.2) is 0 Å². The molecule has 1 atom stereocenters. The van der Waals surface area contributed by atoms with Gasteiger partial charge in [-0.05, 0) is 49.9 Å². The van der Waals surface area contributed by atoms with Crippen molar-refractivity contribution in [3.05, 3.63) is 29.3 Å². The van der Waals surface area contributed by atoms with Gasteiger partial charge in [0.2, 0.25) is 5.91 Å².